The molecule has 1 aliphatic heterocycles. The average molecular weight is 523 g/mol. The van der Waals surface area contributed by atoms with Crippen LogP contribution in [0.3, 0.4) is 0 Å². The first-order chi connectivity index (χ1) is 14.8. The van der Waals surface area contributed by atoms with Gasteiger partial charge in [0.1, 0.15) is 12.8 Å². The Labute approximate surface area is 195 Å². The fourth-order valence-electron chi connectivity index (χ4n) is 3.74. The number of benzene rings is 2. The lowest BCUT2D eigenvalue weighted by Gasteiger charge is -2.33. The lowest BCUT2D eigenvalue weighted by Crippen LogP contribution is -2.36. The molecule has 3 N–H and O–H groups in total. The first kappa shape index (κ1) is 25.1. The Balaban J connectivity index is 2.07. The van der Waals surface area contributed by atoms with E-state index < -0.39 is 36.4 Å². The maximum absolute atomic E-state index is 13.1. The summed E-state index contributed by atoms with van der Waals surface area (Å²) in [5.74, 6) is -1.81. The van der Waals surface area contributed by atoms with Gasteiger partial charge in [-0.05, 0) is 48.0 Å². The number of hydrogen-bond acceptors (Lipinski definition) is 5. The minimum Gasteiger partial charge on any atom is -0.480 e. The smallest absolute Gasteiger partial charge is 0.340 e. The molecule has 1 unspecified atom stereocenters. The fourth-order valence-corrected chi connectivity index (χ4v) is 6.99. The van der Waals surface area contributed by atoms with E-state index in [0.717, 1.165) is 11.1 Å². The molecule has 0 aromatic heterocycles. The molecule has 174 valence electrons. The third kappa shape index (κ3) is 5.70. The van der Waals surface area contributed by atoms with E-state index in [-0.39, 0.29) is 15.1 Å². The fraction of sp³-hybridized carbons (Fsp3) is 0.316. The van der Waals surface area contributed by atoms with Gasteiger partial charge in [0, 0.05) is 29.1 Å². The van der Waals surface area contributed by atoms with Crippen molar-refractivity contribution in [1.29, 1.82) is 0 Å². The highest BCUT2D eigenvalue weighted by molar-refractivity contribution is 7.89. The second-order valence-electron chi connectivity index (χ2n) is 7.59. The standard InChI is InChI=1S/C19H21Cl2N2O7PS/c1-22-8-16(15-6-13(20)7-18(21)17(15)9-22)12-3-2-4-14(5-12)32(29,30)23(10-19(24)25)11-31(26,27)28/h2-7,16H,8-11H2,1H3,(H,24,25)(H2,26,27,28). The van der Waals surface area contributed by atoms with Gasteiger partial charge < -0.3 is 19.8 Å². The van der Waals surface area contributed by atoms with Crippen LogP contribution in [0.15, 0.2) is 41.3 Å². The van der Waals surface area contributed by atoms with Crippen molar-refractivity contribution in [2.45, 2.75) is 17.4 Å². The summed E-state index contributed by atoms with van der Waals surface area (Å²) in [6.07, 6.45) is -1.24. The van der Waals surface area contributed by atoms with Crippen LogP contribution in [0.25, 0.3) is 0 Å². The highest BCUT2D eigenvalue weighted by atomic mass is 35.5. The summed E-state index contributed by atoms with van der Waals surface area (Å²) >= 11 is 12.6. The Bertz CT molecular complexity index is 1200. The Hall–Kier alpha value is -1.49. The van der Waals surface area contributed by atoms with Crippen LogP contribution in [0.1, 0.15) is 22.6 Å². The van der Waals surface area contributed by atoms with Gasteiger partial charge in [0.05, 0.1) is 4.90 Å². The van der Waals surface area contributed by atoms with E-state index >= 15 is 0 Å². The van der Waals surface area contributed by atoms with Crippen molar-refractivity contribution < 1.29 is 32.7 Å². The Kier molecular flexibility index (Phi) is 7.39. The van der Waals surface area contributed by atoms with Crippen LogP contribution in [0.4, 0.5) is 0 Å². The van der Waals surface area contributed by atoms with Crippen LogP contribution in [0, 0.1) is 0 Å². The van der Waals surface area contributed by atoms with Gasteiger partial charge in [0.2, 0.25) is 10.0 Å². The van der Waals surface area contributed by atoms with Crippen LogP contribution >= 0.6 is 30.8 Å². The molecule has 0 radical (unpaired) electrons. The molecule has 9 nitrogen and oxygen atoms in total. The van der Waals surface area contributed by atoms with Crippen molar-refractivity contribution in [1.82, 2.24) is 9.21 Å². The third-order valence-electron chi connectivity index (χ3n) is 5.04. The van der Waals surface area contributed by atoms with Gasteiger partial charge in [-0.2, -0.15) is 4.31 Å². The van der Waals surface area contributed by atoms with E-state index in [4.69, 9.17) is 28.3 Å². The zero-order valence-electron chi connectivity index (χ0n) is 16.9. The number of nitrogens with zero attached hydrogens (tertiary/aromatic N) is 2. The van der Waals surface area contributed by atoms with Crippen molar-refractivity contribution in [2.75, 3.05) is 26.4 Å². The van der Waals surface area contributed by atoms with Crippen molar-refractivity contribution in [3.8, 4) is 0 Å². The van der Waals surface area contributed by atoms with E-state index in [9.17, 15) is 27.6 Å². The quantitative estimate of drug-likeness (QED) is 0.472. The van der Waals surface area contributed by atoms with Crippen LogP contribution in [-0.2, 0) is 25.9 Å². The number of sulfonamides is 1. The van der Waals surface area contributed by atoms with E-state index in [0.29, 0.717) is 28.7 Å². The SMILES string of the molecule is CN1Cc2c(Cl)cc(Cl)cc2C(c2cccc(S(=O)(=O)N(CC(=O)O)CP(=O)(O)O)c2)C1. The maximum Gasteiger partial charge on any atom is 0.340 e. The number of fused-ring (bicyclic) bond motifs is 1. The summed E-state index contributed by atoms with van der Waals surface area (Å²) in [4.78, 5) is 31.4. The second-order valence-corrected chi connectivity index (χ2v) is 12.0. The second kappa shape index (κ2) is 9.40. The molecule has 0 spiro atoms. The normalized spacial score (nSPS) is 17.4. The molecule has 3 rings (SSSR count). The lowest BCUT2D eigenvalue weighted by atomic mass is 9.85. The van der Waals surface area contributed by atoms with Crippen molar-refractivity contribution >= 4 is 46.8 Å². The molecule has 0 aliphatic carbocycles. The monoisotopic (exact) mass is 522 g/mol. The number of aliphatic carboxylic acids is 1. The van der Waals surface area contributed by atoms with Gasteiger partial charge in [-0.1, -0.05) is 35.3 Å². The number of carbonyl (C=O) groups is 1. The molecule has 1 aliphatic rings. The number of halogens is 2. The first-order valence-electron chi connectivity index (χ1n) is 9.31. The minimum absolute atomic E-state index is 0.268. The molecule has 2 aromatic carbocycles. The van der Waals surface area contributed by atoms with E-state index in [2.05, 4.69) is 0 Å². The summed E-state index contributed by atoms with van der Waals surface area (Å²) in [7, 11) is -7.45. The molecular weight excluding hydrogens is 502 g/mol. The molecule has 1 atom stereocenters. The van der Waals surface area contributed by atoms with Crippen molar-refractivity contribution in [3.05, 3.63) is 63.1 Å². The zero-order chi connectivity index (χ0) is 23.8. The molecule has 32 heavy (non-hydrogen) atoms. The molecule has 0 saturated heterocycles. The van der Waals surface area contributed by atoms with E-state index in [1.165, 1.54) is 18.2 Å². The lowest BCUT2D eigenvalue weighted by molar-refractivity contribution is -0.137. The third-order valence-corrected chi connectivity index (χ3v) is 8.29. The molecule has 0 fully saturated rings. The van der Waals surface area contributed by atoms with Crippen LogP contribution in [0.5, 0.6) is 0 Å². The van der Waals surface area contributed by atoms with Crippen LogP contribution in [-0.4, -0.2) is 64.9 Å². The van der Waals surface area contributed by atoms with Gasteiger partial charge in [0.25, 0.3) is 0 Å². The number of likely N-dealkylation sites (N-methyl/N-ethyl adjacent to an activating group) is 1. The number of carboxylic acid groups (broad SMARTS) is 1. The summed E-state index contributed by atoms with van der Waals surface area (Å²) in [5.41, 5.74) is 2.34. The van der Waals surface area contributed by atoms with Crippen molar-refractivity contribution in [3.63, 3.8) is 0 Å². The van der Waals surface area contributed by atoms with Gasteiger partial charge in [0.15, 0.2) is 0 Å². The minimum atomic E-state index is -4.85. The molecule has 0 amide bonds. The summed E-state index contributed by atoms with van der Waals surface area (Å²) in [5, 5.41) is 10.00. The molecular formula is C19H21Cl2N2O7PS. The highest BCUT2D eigenvalue weighted by Crippen LogP contribution is 2.40. The predicted octanol–water partition coefficient (Wildman–Crippen LogP) is 2.78. The largest absolute Gasteiger partial charge is 0.480 e. The zero-order valence-corrected chi connectivity index (χ0v) is 20.1. The molecule has 13 heteroatoms. The van der Waals surface area contributed by atoms with E-state index in [1.54, 1.807) is 18.2 Å². The number of carboxylic acids is 1. The van der Waals surface area contributed by atoms with Crippen LogP contribution < -0.4 is 0 Å². The Morgan fingerprint density at radius 1 is 1.25 bits per heavy atom. The highest BCUT2D eigenvalue weighted by Gasteiger charge is 2.33. The molecule has 1 heterocycles. The van der Waals surface area contributed by atoms with Gasteiger partial charge in [-0.3, -0.25) is 9.36 Å². The first-order valence-corrected chi connectivity index (χ1v) is 13.3. The summed E-state index contributed by atoms with van der Waals surface area (Å²) in [6.45, 7) is 0.0564. The number of rotatable bonds is 7. The van der Waals surface area contributed by atoms with E-state index in [1.807, 2.05) is 11.9 Å². The van der Waals surface area contributed by atoms with Crippen molar-refractivity contribution in [2.24, 2.45) is 0 Å². The molecule has 0 bridgehead atoms. The van der Waals surface area contributed by atoms with Crippen LogP contribution in [0.2, 0.25) is 10.0 Å². The van der Waals surface area contributed by atoms with Gasteiger partial charge in [-0.25, -0.2) is 8.42 Å². The van der Waals surface area contributed by atoms with Gasteiger partial charge in [-0.15, -0.1) is 0 Å². The topological polar surface area (TPSA) is 135 Å². The molecule has 0 saturated carbocycles. The summed E-state index contributed by atoms with van der Waals surface area (Å²) < 4.78 is 37.8. The maximum atomic E-state index is 13.1. The number of hydrogen-bond donors (Lipinski definition) is 3. The predicted molar refractivity (Wildman–Crippen MR) is 120 cm³/mol. The van der Waals surface area contributed by atoms with Gasteiger partial charge >= 0.3 is 13.6 Å². The molecule has 2 aromatic rings. The Morgan fingerprint density at radius 3 is 2.56 bits per heavy atom. The summed E-state index contributed by atoms with van der Waals surface area (Å²) in [6, 6.07) is 9.29. The Morgan fingerprint density at radius 2 is 1.94 bits per heavy atom. The average Bonchev–Trinajstić information content (AvgIpc) is 2.66.